The van der Waals surface area contributed by atoms with E-state index in [0.717, 1.165) is 29.7 Å². The smallest absolute Gasteiger partial charge is 0.160 e. The molecule has 0 saturated carbocycles. The van der Waals surface area contributed by atoms with E-state index < -0.39 is 0 Å². The number of fused-ring (bicyclic) bond motifs is 1. The molecule has 0 aromatic heterocycles. The number of ether oxygens (including phenoxy) is 2. The maximum atomic E-state index is 10.0. The van der Waals surface area contributed by atoms with E-state index in [2.05, 4.69) is 5.32 Å². The Balaban J connectivity index is 2.04. The Morgan fingerprint density at radius 1 is 1.00 bits per heavy atom. The average Bonchev–Trinajstić information content (AvgIpc) is 2.53. The van der Waals surface area contributed by atoms with E-state index in [0.29, 0.717) is 11.5 Å². The highest BCUT2D eigenvalue weighted by Gasteiger charge is 2.24. The molecule has 0 bridgehead atoms. The maximum Gasteiger partial charge on any atom is 0.160 e. The first-order valence-electron chi connectivity index (χ1n) is 7.14. The molecule has 0 fully saturated rings. The van der Waals surface area contributed by atoms with Crippen LogP contribution >= 0.6 is 0 Å². The number of phenols is 2. The molecular weight excluding hydrogens is 282 g/mol. The van der Waals surface area contributed by atoms with Crippen LogP contribution in [0.3, 0.4) is 0 Å². The molecule has 1 heterocycles. The summed E-state index contributed by atoms with van der Waals surface area (Å²) in [7, 11) is 3.06. The van der Waals surface area contributed by atoms with E-state index in [-0.39, 0.29) is 17.5 Å². The van der Waals surface area contributed by atoms with Crippen LogP contribution in [0.15, 0.2) is 30.3 Å². The Kier molecular flexibility index (Phi) is 3.81. The zero-order chi connectivity index (χ0) is 15.7. The van der Waals surface area contributed by atoms with Gasteiger partial charge in [-0.25, -0.2) is 0 Å². The first-order chi connectivity index (χ1) is 10.6. The second-order valence-electron chi connectivity index (χ2n) is 5.29. The topological polar surface area (TPSA) is 71.0 Å². The maximum absolute atomic E-state index is 10.0. The van der Waals surface area contributed by atoms with Crippen molar-refractivity contribution in [1.29, 1.82) is 0 Å². The Hall–Kier alpha value is -2.40. The summed E-state index contributed by atoms with van der Waals surface area (Å²) in [5, 5.41) is 23.4. The van der Waals surface area contributed by atoms with Crippen molar-refractivity contribution in [1.82, 2.24) is 5.32 Å². The number of benzene rings is 2. The lowest BCUT2D eigenvalue weighted by Crippen LogP contribution is -2.30. The highest BCUT2D eigenvalue weighted by Crippen LogP contribution is 2.38. The van der Waals surface area contributed by atoms with Crippen LogP contribution in [0.5, 0.6) is 23.0 Å². The third kappa shape index (κ3) is 2.44. The molecule has 0 radical (unpaired) electrons. The van der Waals surface area contributed by atoms with E-state index in [1.807, 2.05) is 12.1 Å². The SMILES string of the molecule is COc1ccc(C2NCCc3cc(OC)c(O)cc32)cc1O. The van der Waals surface area contributed by atoms with Crippen LogP contribution in [-0.4, -0.2) is 31.0 Å². The van der Waals surface area contributed by atoms with Gasteiger partial charge in [0, 0.05) is 6.54 Å². The number of hydrogen-bond donors (Lipinski definition) is 3. The Bertz CT molecular complexity index is 699. The van der Waals surface area contributed by atoms with Crippen molar-refractivity contribution in [2.75, 3.05) is 20.8 Å². The molecule has 22 heavy (non-hydrogen) atoms. The van der Waals surface area contributed by atoms with Gasteiger partial charge in [0.1, 0.15) is 0 Å². The van der Waals surface area contributed by atoms with Gasteiger partial charge in [-0.3, -0.25) is 0 Å². The van der Waals surface area contributed by atoms with E-state index in [9.17, 15) is 10.2 Å². The summed E-state index contributed by atoms with van der Waals surface area (Å²) in [5.74, 6) is 1.15. The zero-order valence-corrected chi connectivity index (χ0v) is 12.6. The predicted molar refractivity (Wildman–Crippen MR) is 82.9 cm³/mol. The van der Waals surface area contributed by atoms with Crippen molar-refractivity contribution in [3.8, 4) is 23.0 Å². The Morgan fingerprint density at radius 3 is 2.41 bits per heavy atom. The highest BCUT2D eigenvalue weighted by molar-refractivity contribution is 5.52. The van der Waals surface area contributed by atoms with Gasteiger partial charge in [-0.15, -0.1) is 0 Å². The molecule has 1 aliphatic rings. The predicted octanol–water partition coefficient (Wildman–Crippen LogP) is 2.35. The van der Waals surface area contributed by atoms with Crippen LogP contribution in [0, 0.1) is 0 Å². The Labute approximate surface area is 129 Å². The number of aromatic hydroxyl groups is 2. The molecular formula is C17H19NO4. The van der Waals surface area contributed by atoms with Crippen molar-refractivity contribution in [3.05, 3.63) is 47.0 Å². The fraction of sp³-hybridized carbons (Fsp3) is 0.294. The van der Waals surface area contributed by atoms with Gasteiger partial charge in [0.25, 0.3) is 0 Å². The molecule has 1 unspecified atom stereocenters. The van der Waals surface area contributed by atoms with Gasteiger partial charge < -0.3 is 25.0 Å². The lowest BCUT2D eigenvalue weighted by molar-refractivity contribution is 0.370. The van der Waals surface area contributed by atoms with E-state index in [4.69, 9.17) is 9.47 Å². The first kappa shape index (κ1) is 14.5. The molecule has 3 N–H and O–H groups in total. The van der Waals surface area contributed by atoms with Gasteiger partial charge in [-0.2, -0.15) is 0 Å². The van der Waals surface area contributed by atoms with Crippen LogP contribution in [0.4, 0.5) is 0 Å². The van der Waals surface area contributed by atoms with Crippen LogP contribution in [0.1, 0.15) is 22.7 Å². The van der Waals surface area contributed by atoms with Gasteiger partial charge in [-0.05, 0) is 47.4 Å². The second kappa shape index (κ2) is 5.77. The van der Waals surface area contributed by atoms with Gasteiger partial charge in [0.2, 0.25) is 0 Å². The van der Waals surface area contributed by atoms with Crippen LogP contribution < -0.4 is 14.8 Å². The minimum Gasteiger partial charge on any atom is -0.504 e. The number of methoxy groups -OCH3 is 2. The molecule has 0 amide bonds. The van der Waals surface area contributed by atoms with Crippen molar-refractivity contribution < 1.29 is 19.7 Å². The molecule has 2 aromatic rings. The molecule has 3 rings (SSSR count). The van der Waals surface area contributed by atoms with Crippen LogP contribution in [0.25, 0.3) is 0 Å². The summed E-state index contributed by atoms with van der Waals surface area (Å²) >= 11 is 0. The van der Waals surface area contributed by atoms with Gasteiger partial charge >= 0.3 is 0 Å². The minimum absolute atomic E-state index is 0.0858. The quantitative estimate of drug-likeness (QED) is 0.812. The summed E-state index contributed by atoms with van der Waals surface area (Å²) in [6.07, 6.45) is 0.866. The number of rotatable bonds is 3. The van der Waals surface area contributed by atoms with Crippen molar-refractivity contribution in [3.63, 3.8) is 0 Å². The molecule has 1 atom stereocenters. The fourth-order valence-corrected chi connectivity index (χ4v) is 2.92. The second-order valence-corrected chi connectivity index (χ2v) is 5.29. The van der Waals surface area contributed by atoms with Gasteiger partial charge in [-0.1, -0.05) is 6.07 Å². The average molecular weight is 301 g/mol. The number of nitrogens with one attached hydrogen (secondary N) is 1. The summed E-state index contributed by atoms with van der Waals surface area (Å²) in [6.45, 7) is 0.818. The van der Waals surface area contributed by atoms with Crippen molar-refractivity contribution >= 4 is 0 Å². The van der Waals surface area contributed by atoms with Crippen molar-refractivity contribution in [2.45, 2.75) is 12.5 Å². The normalized spacial score (nSPS) is 16.9. The molecule has 2 aromatic carbocycles. The molecule has 1 aliphatic heterocycles. The minimum atomic E-state index is -0.0858. The number of phenolic OH excluding ortho intramolecular Hbond substituents is 2. The van der Waals surface area contributed by atoms with E-state index in [1.165, 1.54) is 7.11 Å². The summed E-state index contributed by atoms with van der Waals surface area (Å²) in [5.41, 5.74) is 3.05. The van der Waals surface area contributed by atoms with Crippen LogP contribution in [0.2, 0.25) is 0 Å². The summed E-state index contributed by atoms with van der Waals surface area (Å²) in [6, 6.07) is 8.86. The third-order valence-corrected chi connectivity index (χ3v) is 4.03. The van der Waals surface area contributed by atoms with Gasteiger partial charge in [0.15, 0.2) is 23.0 Å². The van der Waals surface area contributed by atoms with E-state index >= 15 is 0 Å². The molecule has 5 nitrogen and oxygen atoms in total. The summed E-state index contributed by atoms with van der Waals surface area (Å²) < 4.78 is 10.3. The third-order valence-electron chi connectivity index (χ3n) is 4.03. The zero-order valence-electron chi connectivity index (χ0n) is 12.6. The fourth-order valence-electron chi connectivity index (χ4n) is 2.92. The first-order valence-corrected chi connectivity index (χ1v) is 7.14. The molecule has 0 spiro atoms. The van der Waals surface area contributed by atoms with Crippen molar-refractivity contribution in [2.24, 2.45) is 0 Å². The largest absolute Gasteiger partial charge is 0.504 e. The summed E-state index contributed by atoms with van der Waals surface area (Å²) in [4.78, 5) is 0. The lowest BCUT2D eigenvalue weighted by Gasteiger charge is -2.28. The van der Waals surface area contributed by atoms with E-state index in [1.54, 1.807) is 25.3 Å². The van der Waals surface area contributed by atoms with Crippen LogP contribution in [-0.2, 0) is 6.42 Å². The highest BCUT2D eigenvalue weighted by atomic mass is 16.5. The lowest BCUT2D eigenvalue weighted by atomic mass is 9.89. The molecule has 5 heteroatoms. The monoisotopic (exact) mass is 301 g/mol. The number of hydrogen-bond acceptors (Lipinski definition) is 5. The standard InChI is InChI=1S/C17H19NO4/c1-21-15-4-3-11(7-13(15)19)17-12-9-14(20)16(22-2)8-10(12)5-6-18-17/h3-4,7-9,17-20H,5-6H2,1-2H3. The Morgan fingerprint density at radius 2 is 1.73 bits per heavy atom. The molecule has 0 aliphatic carbocycles. The molecule has 116 valence electrons. The molecule has 0 saturated heterocycles. The van der Waals surface area contributed by atoms with Gasteiger partial charge in [0.05, 0.1) is 20.3 Å².